The number of ether oxygens (including phenoxy) is 2. The van der Waals surface area contributed by atoms with E-state index >= 15 is 0 Å². The number of carbonyl (C=O) groups excluding carboxylic acids is 1. The Morgan fingerprint density at radius 1 is 0.727 bits per heavy atom. The lowest BCUT2D eigenvalue weighted by Gasteiger charge is -2.34. The van der Waals surface area contributed by atoms with Crippen LogP contribution in [0.15, 0.2) is 72.8 Å². The van der Waals surface area contributed by atoms with Gasteiger partial charge in [-0.1, -0.05) is 24.3 Å². The molecule has 9 nitrogen and oxygen atoms in total. The number of anilines is 2. The number of carbonyl (C=O) groups is 1. The molecule has 2 aromatic carbocycles. The van der Waals surface area contributed by atoms with Gasteiger partial charge in [0, 0.05) is 27.9 Å². The summed E-state index contributed by atoms with van der Waals surface area (Å²) in [6, 6.07) is 27.3. The second-order valence-corrected chi connectivity index (χ2v) is 11.6. The van der Waals surface area contributed by atoms with Gasteiger partial charge in [0.05, 0.1) is 53.4 Å². The van der Waals surface area contributed by atoms with Gasteiger partial charge in [0.15, 0.2) is 0 Å². The molecule has 6 rings (SSSR count). The highest BCUT2D eigenvalue weighted by Crippen LogP contribution is 2.39. The van der Waals surface area contributed by atoms with E-state index in [4.69, 9.17) is 32.2 Å². The third-order valence-electron chi connectivity index (χ3n) is 7.23. The van der Waals surface area contributed by atoms with Gasteiger partial charge >= 0.3 is 6.09 Å². The zero-order valence-corrected chi connectivity index (χ0v) is 25.6. The molecule has 0 bridgehead atoms. The molecule has 2 aliphatic heterocycles. The SMILES string of the molecule is CC1(C)OC(=O)Nc2ccc(-c3cccc(CC#N)n3)cc21.CC1(C)OC(=S)Nc2ccc(-c3cccc(CC#N)n3)cc21. The van der Waals surface area contributed by atoms with Crippen molar-refractivity contribution in [3.8, 4) is 34.7 Å². The van der Waals surface area contributed by atoms with E-state index in [0.29, 0.717) is 11.6 Å². The van der Waals surface area contributed by atoms with Crippen LogP contribution in [0.25, 0.3) is 22.5 Å². The molecule has 1 amide bonds. The molecule has 220 valence electrons. The van der Waals surface area contributed by atoms with Crippen LogP contribution in [-0.2, 0) is 33.5 Å². The Labute approximate surface area is 261 Å². The molecule has 2 aliphatic rings. The van der Waals surface area contributed by atoms with E-state index in [2.05, 4.69) is 38.8 Å². The summed E-state index contributed by atoms with van der Waals surface area (Å²) in [5, 5.41) is 23.8. The molecular weight excluding hydrogens is 572 g/mol. The first kappa shape index (κ1) is 30.1. The van der Waals surface area contributed by atoms with Crippen molar-refractivity contribution < 1.29 is 14.3 Å². The molecule has 4 heterocycles. The van der Waals surface area contributed by atoms with Gasteiger partial charge < -0.3 is 14.8 Å². The Kier molecular flexibility index (Phi) is 8.30. The standard InChI is InChI=1S/C17H15N3O2.C17H15N3OS/c1-17(2)13-10-11(6-7-15(13)20-16(21)22-17)14-5-3-4-12(19-14)8-9-18;1-17(2)13-10-11(6-7-15(13)20-16(22)21-17)14-5-3-4-12(19-14)8-9-18/h3-7,10H,8H2,1-2H3,(H,20,21);3-7,10H,8H2,1-2H3,(H,20,22). The average molecular weight is 603 g/mol. The number of benzene rings is 2. The predicted molar refractivity (Wildman–Crippen MR) is 171 cm³/mol. The van der Waals surface area contributed by atoms with E-state index in [1.807, 2.05) is 94.4 Å². The average Bonchev–Trinajstić information content (AvgIpc) is 2.97. The van der Waals surface area contributed by atoms with E-state index in [9.17, 15) is 4.79 Å². The van der Waals surface area contributed by atoms with Crippen LogP contribution in [-0.4, -0.2) is 21.2 Å². The van der Waals surface area contributed by atoms with Crippen molar-refractivity contribution >= 4 is 34.9 Å². The number of thiocarbonyl (C=S) groups is 1. The van der Waals surface area contributed by atoms with Gasteiger partial charge in [0.2, 0.25) is 0 Å². The molecule has 0 saturated carbocycles. The fourth-order valence-corrected chi connectivity index (χ4v) is 5.42. The second kappa shape index (κ2) is 12.1. The minimum absolute atomic E-state index is 0.281. The molecule has 0 atom stereocenters. The highest BCUT2D eigenvalue weighted by Gasteiger charge is 2.34. The van der Waals surface area contributed by atoms with E-state index < -0.39 is 17.3 Å². The smallest absolute Gasteiger partial charge is 0.412 e. The van der Waals surface area contributed by atoms with Gasteiger partial charge in [-0.15, -0.1) is 0 Å². The largest absolute Gasteiger partial charge is 0.460 e. The van der Waals surface area contributed by atoms with Crippen molar-refractivity contribution in [2.45, 2.75) is 51.7 Å². The fourth-order valence-electron chi connectivity index (χ4n) is 5.11. The minimum atomic E-state index is -0.696. The van der Waals surface area contributed by atoms with Crippen molar-refractivity contribution in [2.24, 2.45) is 0 Å². The molecule has 4 aromatic rings. The Bertz CT molecular complexity index is 1720. The van der Waals surface area contributed by atoms with Gasteiger partial charge in [0.1, 0.15) is 11.2 Å². The third kappa shape index (κ3) is 6.51. The van der Waals surface area contributed by atoms with Crippen molar-refractivity contribution in [3.05, 3.63) is 95.3 Å². The summed E-state index contributed by atoms with van der Waals surface area (Å²) in [7, 11) is 0. The zero-order chi connectivity index (χ0) is 31.5. The summed E-state index contributed by atoms with van der Waals surface area (Å²) in [5.41, 5.74) is 7.52. The molecule has 0 spiro atoms. The van der Waals surface area contributed by atoms with Crippen molar-refractivity contribution in [3.63, 3.8) is 0 Å². The summed E-state index contributed by atoms with van der Waals surface area (Å²) in [6.07, 6.45) is 0.145. The number of hydrogen-bond donors (Lipinski definition) is 2. The van der Waals surface area contributed by atoms with Crippen LogP contribution in [0, 0.1) is 22.7 Å². The number of hydrogen-bond acceptors (Lipinski definition) is 8. The van der Waals surface area contributed by atoms with Crippen molar-refractivity contribution in [1.29, 1.82) is 10.5 Å². The Morgan fingerprint density at radius 2 is 1.20 bits per heavy atom. The van der Waals surface area contributed by atoms with Crippen LogP contribution in [0.2, 0.25) is 0 Å². The maximum absolute atomic E-state index is 11.5. The predicted octanol–water partition coefficient (Wildman–Crippen LogP) is 7.39. The van der Waals surface area contributed by atoms with E-state index in [-0.39, 0.29) is 6.42 Å². The van der Waals surface area contributed by atoms with Gasteiger partial charge in [0.25, 0.3) is 5.17 Å². The Morgan fingerprint density at radius 3 is 1.70 bits per heavy atom. The molecule has 44 heavy (non-hydrogen) atoms. The number of nitrogens with one attached hydrogen (secondary N) is 2. The molecule has 10 heteroatoms. The summed E-state index contributed by atoms with van der Waals surface area (Å²) < 4.78 is 11.0. The number of cyclic esters (lactones) is 1. The Balaban J connectivity index is 0.000000175. The number of nitriles is 2. The fraction of sp³-hybridized carbons (Fsp3) is 0.235. The van der Waals surface area contributed by atoms with Gasteiger partial charge in [-0.3, -0.25) is 15.3 Å². The Hall–Kier alpha value is -5.32. The third-order valence-corrected chi connectivity index (χ3v) is 7.42. The molecule has 0 radical (unpaired) electrons. The van der Waals surface area contributed by atoms with Crippen LogP contribution >= 0.6 is 12.2 Å². The number of aromatic nitrogens is 2. The van der Waals surface area contributed by atoms with Crippen LogP contribution in [0.1, 0.15) is 50.2 Å². The number of pyridine rings is 2. The normalized spacial score (nSPS) is 15.2. The molecule has 0 fully saturated rings. The second-order valence-electron chi connectivity index (χ2n) is 11.3. The molecular formula is C34H30N6O3S. The van der Waals surface area contributed by atoms with Gasteiger partial charge in [-0.05, 0) is 88.4 Å². The zero-order valence-electron chi connectivity index (χ0n) is 24.8. The lowest BCUT2D eigenvalue weighted by atomic mass is 9.92. The van der Waals surface area contributed by atoms with Crippen LogP contribution in [0.3, 0.4) is 0 Å². The van der Waals surface area contributed by atoms with Crippen LogP contribution in [0.5, 0.6) is 0 Å². The van der Waals surface area contributed by atoms with E-state index in [0.717, 1.165) is 56.4 Å². The van der Waals surface area contributed by atoms with Gasteiger partial charge in [-0.2, -0.15) is 10.5 Å². The van der Waals surface area contributed by atoms with E-state index in [1.165, 1.54) is 0 Å². The number of fused-ring (bicyclic) bond motifs is 2. The van der Waals surface area contributed by atoms with Crippen molar-refractivity contribution in [2.75, 3.05) is 10.6 Å². The highest BCUT2D eigenvalue weighted by molar-refractivity contribution is 7.80. The van der Waals surface area contributed by atoms with Crippen LogP contribution < -0.4 is 10.6 Å². The summed E-state index contributed by atoms with van der Waals surface area (Å²) in [5.74, 6) is 0. The minimum Gasteiger partial charge on any atom is -0.460 e. The first-order valence-electron chi connectivity index (χ1n) is 13.9. The molecule has 0 unspecified atom stereocenters. The lowest BCUT2D eigenvalue weighted by molar-refractivity contribution is 0.0421. The van der Waals surface area contributed by atoms with Crippen LogP contribution in [0.4, 0.5) is 16.2 Å². The molecule has 2 N–H and O–H groups in total. The maximum atomic E-state index is 11.5. The van der Waals surface area contributed by atoms with Gasteiger partial charge in [-0.25, -0.2) is 4.79 Å². The lowest BCUT2D eigenvalue weighted by Crippen LogP contribution is -2.34. The maximum Gasteiger partial charge on any atom is 0.412 e. The summed E-state index contributed by atoms with van der Waals surface area (Å²) in [6.45, 7) is 7.69. The van der Waals surface area contributed by atoms with Crippen molar-refractivity contribution in [1.82, 2.24) is 9.97 Å². The quantitative estimate of drug-likeness (QED) is 0.229. The van der Waals surface area contributed by atoms with E-state index in [1.54, 1.807) is 0 Å². The topological polar surface area (TPSA) is 133 Å². The number of amides is 1. The monoisotopic (exact) mass is 602 g/mol. The number of nitrogens with zero attached hydrogens (tertiary/aromatic N) is 4. The number of rotatable bonds is 4. The molecule has 0 aliphatic carbocycles. The summed E-state index contributed by atoms with van der Waals surface area (Å²) >= 11 is 5.13. The first-order chi connectivity index (χ1) is 21.0. The first-order valence-corrected chi connectivity index (χ1v) is 14.4. The molecule has 2 aromatic heterocycles. The molecule has 0 saturated heterocycles. The summed E-state index contributed by atoms with van der Waals surface area (Å²) in [4.78, 5) is 20.6. The highest BCUT2D eigenvalue weighted by atomic mass is 32.1.